The molecule has 4 N–H and O–H groups in total. The Bertz CT molecular complexity index is 1010. The molecule has 1 unspecified atom stereocenters. The van der Waals surface area contributed by atoms with Crippen LogP contribution in [0, 0.1) is 10.1 Å². The number of nitro groups is 1. The van der Waals surface area contributed by atoms with Crippen LogP contribution in [0.2, 0.25) is 0 Å². The van der Waals surface area contributed by atoms with E-state index in [2.05, 4.69) is 10.6 Å². The van der Waals surface area contributed by atoms with Crippen LogP contribution in [0.1, 0.15) is 24.2 Å². The number of benzene rings is 2. The second-order valence-corrected chi connectivity index (χ2v) is 10.0. The molecule has 0 aliphatic rings. The van der Waals surface area contributed by atoms with Gasteiger partial charge in [0, 0.05) is 24.7 Å². The van der Waals surface area contributed by atoms with Crippen LogP contribution in [0.3, 0.4) is 0 Å². The lowest BCUT2D eigenvalue weighted by Crippen LogP contribution is -2.45. The first-order chi connectivity index (χ1) is 15.9. The van der Waals surface area contributed by atoms with Gasteiger partial charge in [-0.25, -0.2) is 9.42 Å². The molecule has 2 rings (SSSR count). The molecule has 11 nitrogen and oxygen atoms in total. The maximum atomic E-state index is 13.0. The van der Waals surface area contributed by atoms with E-state index in [1.54, 1.807) is 12.1 Å². The maximum absolute atomic E-state index is 13.0. The van der Waals surface area contributed by atoms with Gasteiger partial charge in [0.1, 0.15) is 6.16 Å². The van der Waals surface area contributed by atoms with Crippen molar-refractivity contribution in [2.45, 2.75) is 30.1 Å². The van der Waals surface area contributed by atoms with Gasteiger partial charge in [0.2, 0.25) is 13.9 Å². The number of halogens is 2. The maximum Gasteiger partial charge on any atom is 0.269 e. The lowest BCUT2D eigenvalue weighted by atomic mass is 10.0. The van der Waals surface area contributed by atoms with Crippen LogP contribution in [0.25, 0.3) is 0 Å². The molecule has 0 radical (unpaired) electrons. The molecular formula is C20H22Cl2N3O8P. The van der Waals surface area contributed by atoms with E-state index in [1.165, 1.54) is 31.2 Å². The number of aliphatic hydroxyl groups excluding tert-OH is 1. The fraction of sp³-hybridized carbons (Fsp3) is 0.300. The zero-order valence-electron chi connectivity index (χ0n) is 17.8. The summed E-state index contributed by atoms with van der Waals surface area (Å²) in [6.07, 6.45) is -1.81. The molecule has 184 valence electrons. The third-order valence-electron chi connectivity index (χ3n) is 4.46. The molecule has 0 saturated heterocycles. The molecule has 2 aromatic rings. The molecule has 2 amide bonds. The van der Waals surface area contributed by atoms with E-state index < -0.39 is 48.5 Å². The third kappa shape index (κ3) is 8.44. The Hall–Kier alpha value is -2.37. The lowest BCUT2D eigenvalue weighted by Gasteiger charge is -2.31. The van der Waals surface area contributed by atoms with Crippen molar-refractivity contribution in [3.05, 3.63) is 69.8 Å². The number of amides is 2. The Morgan fingerprint density at radius 1 is 1.15 bits per heavy atom. The van der Waals surface area contributed by atoms with E-state index >= 15 is 0 Å². The SMILES string of the molecule is CC(=O)Nc1ccc(C[P+]([O-])(O)O[C@H](c2ccc([N+](=O)[O-])cc2)[C@@H](CO)NC(=O)C(Cl)Cl)cc1. The fourth-order valence-electron chi connectivity index (χ4n) is 2.96. The summed E-state index contributed by atoms with van der Waals surface area (Å²) in [6, 6.07) is 9.73. The van der Waals surface area contributed by atoms with Crippen LogP contribution < -0.4 is 15.5 Å². The minimum absolute atomic E-state index is 0.181. The van der Waals surface area contributed by atoms with Gasteiger partial charge in [0.15, 0.2) is 10.9 Å². The summed E-state index contributed by atoms with van der Waals surface area (Å²) < 4.78 is 5.47. The van der Waals surface area contributed by atoms with Crippen molar-refractivity contribution in [2.75, 3.05) is 11.9 Å². The Morgan fingerprint density at radius 3 is 2.21 bits per heavy atom. The topological polar surface area (TPSA) is 174 Å². The van der Waals surface area contributed by atoms with Crippen LogP contribution in [-0.4, -0.2) is 44.2 Å². The fourth-order valence-corrected chi connectivity index (χ4v) is 4.45. The molecule has 0 spiro atoms. The Labute approximate surface area is 205 Å². The number of non-ortho nitro benzene ring substituents is 1. The second kappa shape index (κ2) is 12.4. The van der Waals surface area contributed by atoms with Gasteiger partial charge in [-0.2, -0.15) is 0 Å². The number of nitrogens with one attached hydrogen (secondary N) is 2. The van der Waals surface area contributed by atoms with Crippen LogP contribution in [0.15, 0.2) is 48.5 Å². The Balaban J connectivity index is 2.30. The molecule has 0 aliphatic heterocycles. The first kappa shape index (κ1) is 27.9. The molecule has 3 atom stereocenters. The van der Waals surface area contributed by atoms with Crippen LogP contribution in [0.5, 0.6) is 0 Å². The predicted molar refractivity (Wildman–Crippen MR) is 125 cm³/mol. The number of nitro benzene ring substituents is 1. The summed E-state index contributed by atoms with van der Waals surface area (Å²) in [6.45, 7) is 0.619. The van der Waals surface area contributed by atoms with Crippen molar-refractivity contribution >= 4 is 54.3 Å². The summed E-state index contributed by atoms with van der Waals surface area (Å²) in [5.74, 6) is -1.15. The zero-order chi connectivity index (χ0) is 25.5. The molecule has 2 aromatic carbocycles. The van der Waals surface area contributed by atoms with Gasteiger partial charge in [0.05, 0.1) is 17.6 Å². The van der Waals surface area contributed by atoms with Crippen molar-refractivity contribution in [1.29, 1.82) is 0 Å². The molecule has 0 aliphatic carbocycles. The number of aliphatic hydroxyl groups is 1. The van der Waals surface area contributed by atoms with E-state index in [4.69, 9.17) is 27.7 Å². The van der Waals surface area contributed by atoms with Crippen molar-refractivity contribution in [2.24, 2.45) is 0 Å². The normalized spacial score (nSPS) is 14.7. The average Bonchev–Trinajstić information content (AvgIpc) is 2.76. The first-order valence-corrected chi connectivity index (χ1v) is 12.4. The summed E-state index contributed by atoms with van der Waals surface area (Å²) in [5, 5.41) is 25.7. The first-order valence-electron chi connectivity index (χ1n) is 9.72. The van der Waals surface area contributed by atoms with Crippen molar-refractivity contribution in [3.63, 3.8) is 0 Å². The van der Waals surface area contributed by atoms with Gasteiger partial charge in [-0.05, 0) is 35.4 Å². The molecule has 0 heterocycles. The summed E-state index contributed by atoms with van der Waals surface area (Å²) in [5.41, 5.74) is 0.850. The molecule has 0 aromatic heterocycles. The summed E-state index contributed by atoms with van der Waals surface area (Å²) in [4.78, 5) is 55.4. The highest BCUT2D eigenvalue weighted by atomic mass is 35.5. The number of nitrogens with zero attached hydrogens (tertiary/aromatic N) is 1. The van der Waals surface area contributed by atoms with E-state index in [9.17, 15) is 34.6 Å². The number of alkyl halides is 2. The van der Waals surface area contributed by atoms with Gasteiger partial charge >= 0.3 is 0 Å². The number of carbonyl (C=O) groups is 2. The molecule has 0 fully saturated rings. The highest BCUT2D eigenvalue weighted by Crippen LogP contribution is 2.54. The Morgan fingerprint density at radius 2 is 1.74 bits per heavy atom. The van der Waals surface area contributed by atoms with Crippen LogP contribution in [-0.2, 0) is 20.3 Å². The quantitative estimate of drug-likeness (QED) is 0.147. The standard InChI is InChI=1S/C20H22Cl2N3O8P/c1-12(27)23-15-6-2-13(3-7-15)11-34(31,32)33-18(17(10-26)24-20(28)19(21)22)14-4-8-16(9-5-14)25(29)30/h2-9,17-19,26H,10-11H2,1H3,(H,23,27)(H,24,28)(H,31,32)/t17-,18-/m1/s1. The van der Waals surface area contributed by atoms with Gasteiger partial charge in [-0.15, -0.1) is 0 Å². The minimum Gasteiger partial charge on any atom is -0.631 e. The van der Waals surface area contributed by atoms with Crippen LogP contribution in [0.4, 0.5) is 11.4 Å². The predicted octanol–water partition coefficient (Wildman–Crippen LogP) is 2.21. The Kier molecular flexibility index (Phi) is 10.1. The van der Waals surface area contributed by atoms with E-state index in [-0.39, 0.29) is 17.2 Å². The number of carbonyl (C=O) groups excluding carboxylic acids is 2. The molecule has 0 bridgehead atoms. The highest BCUT2D eigenvalue weighted by molar-refractivity contribution is 7.57. The number of hydrogen-bond acceptors (Lipinski definition) is 8. The van der Waals surface area contributed by atoms with Gasteiger partial charge in [-0.1, -0.05) is 35.3 Å². The lowest BCUT2D eigenvalue weighted by molar-refractivity contribution is -0.384. The van der Waals surface area contributed by atoms with E-state index in [0.717, 1.165) is 12.1 Å². The summed E-state index contributed by atoms with van der Waals surface area (Å²) >= 11 is 11.1. The highest BCUT2D eigenvalue weighted by Gasteiger charge is 2.37. The smallest absolute Gasteiger partial charge is 0.269 e. The third-order valence-corrected chi connectivity index (χ3v) is 6.17. The van der Waals surface area contributed by atoms with E-state index in [1.807, 2.05) is 0 Å². The molecular weight excluding hydrogens is 512 g/mol. The molecule has 0 saturated carbocycles. The number of hydrogen-bond donors (Lipinski definition) is 4. The van der Waals surface area contributed by atoms with Gasteiger partial charge in [-0.3, -0.25) is 19.7 Å². The number of anilines is 1. The zero-order valence-corrected chi connectivity index (χ0v) is 20.2. The van der Waals surface area contributed by atoms with Crippen molar-refractivity contribution in [3.8, 4) is 0 Å². The molecule has 34 heavy (non-hydrogen) atoms. The van der Waals surface area contributed by atoms with Crippen molar-refractivity contribution in [1.82, 2.24) is 5.32 Å². The van der Waals surface area contributed by atoms with Gasteiger partial charge < -0.3 is 20.6 Å². The second-order valence-electron chi connectivity index (χ2n) is 7.15. The largest absolute Gasteiger partial charge is 0.631 e. The number of rotatable bonds is 11. The van der Waals surface area contributed by atoms with Gasteiger partial charge in [0.25, 0.3) is 11.6 Å². The van der Waals surface area contributed by atoms with Crippen LogP contribution >= 0.6 is 31.1 Å². The minimum atomic E-state index is -4.39. The summed E-state index contributed by atoms with van der Waals surface area (Å²) in [7, 11) is -4.39. The molecule has 14 heteroatoms. The monoisotopic (exact) mass is 533 g/mol. The van der Waals surface area contributed by atoms with Crippen molar-refractivity contribution < 1.29 is 33.9 Å². The van der Waals surface area contributed by atoms with E-state index in [0.29, 0.717) is 11.3 Å². The average molecular weight is 534 g/mol.